The first-order valence-corrected chi connectivity index (χ1v) is 6.51. The smallest absolute Gasteiger partial charge is 0.399 e. The molecule has 2 N–H and O–H groups in total. The second-order valence-electron chi connectivity index (χ2n) is 5.03. The molecule has 0 aliphatic heterocycles. The number of rotatable bonds is 2. The van der Waals surface area contributed by atoms with E-state index in [0.29, 0.717) is 30.5 Å². The molecule has 0 saturated carbocycles. The monoisotopic (exact) mass is 283 g/mol. The van der Waals surface area contributed by atoms with Crippen molar-refractivity contribution in [2.75, 3.05) is 5.73 Å². The summed E-state index contributed by atoms with van der Waals surface area (Å²) < 4.78 is 36.8. The van der Waals surface area contributed by atoms with Gasteiger partial charge in [0.25, 0.3) is 0 Å². The number of benzene rings is 1. The molecule has 0 spiro atoms. The van der Waals surface area contributed by atoms with Crippen molar-refractivity contribution in [3.63, 3.8) is 0 Å². The van der Waals surface area contributed by atoms with E-state index in [1.54, 1.807) is 12.1 Å². The maximum atomic E-state index is 12.3. The molecule has 0 fully saturated rings. The topological polar surface area (TPSA) is 43.1 Å². The van der Waals surface area contributed by atoms with Gasteiger partial charge in [-0.15, -0.1) is 0 Å². The van der Waals surface area contributed by atoms with Gasteiger partial charge in [0.05, 0.1) is 0 Å². The second-order valence-corrected chi connectivity index (χ2v) is 5.03. The molecular weight excluding hydrogens is 267 g/mol. The summed E-state index contributed by atoms with van der Waals surface area (Å²) in [5.74, 6) is -1.66. The van der Waals surface area contributed by atoms with Crippen LogP contribution >= 0.6 is 0 Å². The van der Waals surface area contributed by atoms with Crippen LogP contribution in [0.3, 0.4) is 0 Å². The van der Waals surface area contributed by atoms with E-state index in [-0.39, 0.29) is 0 Å². The maximum absolute atomic E-state index is 12.3. The predicted octanol–water partition coefficient (Wildman–Crippen LogP) is 3.60. The van der Waals surface area contributed by atoms with Gasteiger partial charge < -0.3 is 5.73 Å². The summed E-state index contributed by atoms with van der Waals surface area (Å²) in [5, 5.41) is 0. The van der Waals surface area contributed by atoms with Gasteiger partial charge in [0.15, 0.2) is 0 Å². The molecule has 0 heterocycles. The Kier molecular flexibility index (Phi) is 4.16. The molecule has 0 aromatic heterocycles. The number of Topliss-reactive ketones (excluding diaryl/α,β-unsaturated/α-hetero) is 1. The van der Waals surface area contributed by atoms with Crippen LogP contribution in [-0.2, 0) is 17.6 Å². The molecule has 20 heavy (non-hydrogen) atoms. The van der Waals surface area contributed by atoms with Gasteiger partial charge in [0.1, 0.15) is 0 Å². The first kappa shape index (κ1) is 14.6. The number of nitrogens with two attached hydrogens (primary N) is 1. The number of anilines is 1. The van der Waals surface area contributed by atoms with Crippen LogP contribution in [0.4, 0.5) is 18.9 Å². The Morgan fingerprint density at radius 1 is 1.15 bits per heavy atom. The minimum atomic E-state index is -4.74. The Balaban J connectivity index is 2.07. The van der Waals surface area contributed by atoms with Crippen molar-refractivity contribution in [2.45, 2.75) is 38.3 Å². The van der Waals surface area contributed by atoms with E-state index in [1.807, 2.05) is 12.1 Å². The highest BCUT2D eigenvalue weighted by Crippen LogP contribution is 2.26. The fourth-order valence-electron chi connectivity index (χ4n) is 2.42. The lowest BCUT2D eigenvalue weighted by molar-refractivity contribution is -0.170. The Morgan fingerprint density at radius 2 is 1.90 bits per heavy atom. The van der Waals surface area contributed by atoms with Crippen molar-refractivity contribution in [2.24, 2.45) is 0 Å². The standard InChI is InChI=1S/C15H16F3NO/c16-15(17,18)14(20)8-10-2-1-3-12-9-13(19)7-6-11(12)5-4-10/h2,6-7,9H,1,3-5,8,19H2/b10-2+. The number of halogens is 3. The van der Waals surface area contributed by atoms with Gasteiger partial charge in [-0.05, 0) is 48.9 Å². The lowest BCUT2D eigenvalue weighted by atomic mass is 9.91. The van der Waals surface area contributed by atoms with E-state index in [1.165, 1.54) is 0 Å². The zero-order chi connectivity index (χ0) is 14.8. The summed E-state index contributed by atoms with van der Waals surface area (Å²) >= 11 is 0. The van der Waals surface area contributed by atoms with Crippen molar-refractivity contribution >= 4 is 11.5 Å². The van der Waals surface area contributed by atoms with Crippen LogP contribution in [-0.4, -0.2) is 12.0 Å². The zero-order valence-electron chi connectivity index (χ0n) is 11.0. The Labute approximate surface area is 115 Å². The molecule has 5 heteroatoms. The number of hydrogen-bond acceptors (Lipinski definition) is 2. The maximum Gasteiger partial charge on any atom is 0.450 e. The summed E-state index contributed by atoms with van der Waals surface area (Å²) in [6, 6.07) is 5.62. The van der Waals surface area contributed by atoms with Crippen LogP contribution < -0.4 is 5.73 Å². The van der Waals surface area contributed by atoms with E-state index in [0.717, 1.165) is 17.5 Å². The SMILES string of the molecule is Nc1ccc2c(c1)CC/C=C(/CC(=O)C(F)(F)F)CC2. The summed E-state index contributed by atoms with van der Waals surface area (Å²) in [6.07, 6.45) is -0.995. The lowest BCUT2D eigenvalue weighted by Gasteiger charge is -2.15. The largest absolute Gasteiger partial charge is 0.450 e. The Bertz CT molecular complexity index is 547. The molecule has 1 aromatic carbocycles. The van der Waals surface area contributed by atoms with Crippen LogP contribution in [0.1, 0.15) is 30.4 Å². The van der Waals surface area contributed by atoms with E-state index >= 15 is 0 Å². The quantitative estimate of drug-likeness (QED) is 0.665. The van der Waals surface area contributed by atoms with Crippen molar-refractivity contribution in [1.29, 1.82) is 0 Å². The second kappa shape index (κ2) is 5.69. The molecule has 2 nitrogen and oxygen atoms in total. The van der Waals surface area contributed by atoms with Gasteiger partial charge in [-0.25, -0.2) is 0 Å². The molecule has 0 unspecified atom stereocenters. The first-order chi connectivity index (χ1) is 9.36. The third kappa shape index (κ3) is 3.62. The molecule has 0 saturated heterocycles. The van der Waals surface area contributed by atoms with E-state index in [2.05, 4.69) is 0 Å². The van der Waals surface area contributed by atoms with Crippen molar-refractivity contribution in [3.05, 3.63) is 41.0 Å². The van der Waals surface area contributed by atoms with Crippen molar-refractivity contribution in [1.82, 2.24) is 0 Å². The normalized spacial score (nSPS) is 18.4. The van der Waals surface area contributed by atoms with Crippen LogP contribution in [0.25, 0.3) is 0 Å². The number of alkyl halides is 3. The van der Waals surface area contributed by atoms with Crippen LogP contribution in [0.5, 0.6) is 0 Å². The van der Waals surface area contributed by atoms with E-state index < -0.39 is 18.4 Å². The number of ketones is 1. The number of aryl methyl sites for hydroxylation is 2. The average molecular weight is 283 g/mol. The molecule has 108 valence electrons. The van der Waals surface area contributed by atoms with Crippen LogP contribution in [0, 0.1) is 0 Å². The highest BCUT2D eigenvalue weighted by Gasteiger charge is 2.38. The number of hydrogen-bond donors (Lipinski definition) is 1. The van der Waals surface area contributed by atoms with E-state index in [4.69, 9.17) is 5.73 Å². The van der Waals surface area contributed by atoms with Crippen LogP contribution in [0.15, 0.2) is 29.8 Å². The number of allylic oxidation sites excluding steroid dienone is 2. The molecule has 1 aliphatic rings. The predicted molar refractivity (Wildman–Crippen MR) is 71.3 cm³/mol. The van der Waals surface area contributed by atoms with Gasteiger partial charge in [-0.2, -0.15) is 13.2 Å². The zero-order valence-corrected chi connectivity index (χ0v) is 11.0. The molecule has 0 amide bonds. The third-order valence-corrected chi connectivity index (χ3v) is 3.50. The number of nitrogen functional groups attached to an aromatic ring is 1. The number of carbonyl (C=O) groups excluding carboxylic acids is 1. The van der Waals surface area contributed by atoms with Gasteiger partial charge >= 0.3 is 6.18 Å². The molecule has 0 bridgehead atoms. The summed E-state index contributed by atoms with van der Waals surface area (Å²) in [4.78, 5) is 11.0. The lowest BCUT2D eigenvalue weighted by Crippen LogP contribution is -2.23. The van der Waals surface area contributed by atoms with Crippen LogP contribution in [0.2, 0.25) is 0 Å². The van der Waals surface area contributed by atoms with Gasteiger partial charge in [-0.3, -0.25) is 4.79 Å². The van der Waals surface area contributed by atoms with E-state index in [9.17, 15) is 18.0 Å². The third-order valence-electron chi connectivity index (χ3n) is 3.50. The molecule has 2 rings (SSSR count). The molecule has 1 aliphatic carbocycles. The number of carbonyl (C=O) groups is 1. The average Bonchev–Trinajstić information content (AvgIpc) is 2.33. The van der Waals surface area contributed by atoms with Crippen molar-refractivity contribution < 1.29 is 18.0 Å². The van der Waals surface area contributed by atoms with Gasteiger partial charge in [-0.1, -0.05) is 17.7 Å². The minimum absolute atomic E-state index is 0.485. The summed E-state index contributed by atoms with van der Waals surface area (Å²) in [6.45, 7) is 0. The van der Waals surface area contributed by atoms with Crippen molar-refractivity contribution in [3.8, 4) is 0 Å². The Hall–Kier alpha value is -1.78. The first-order valence-electron chi connectivity index (χ1n) is 6.51. The number of fused-ring (bicyclic) bond motifs is 1. The Morgan fingerprint density at radius 3 is 2.60 bits per heavy atom. The summed E-state index contributed by atoms with van der Waals surface area (Å²) in [5.41, 5.74) is 9.24. The fourth-order valence-corrected chi connectivity index (χ4v) is 2.42. The fraction of sp³-hybridized carbons (Fsp3) is 0.400. The highest BCUT2D eigenvalue weighted by atomic mass is 19.4. The molecule has 0 atom stereocenters. The molecule has 0 radical (unpaired) electrons. The minimum Gasteiger partial charge on any atom is -0.399 e. The van der Waals surface area contributed by atoms with Gasteiger partial charge in [0.2, 0.25) is 5.78 Å². The summed E-state index contributed by atoms with van der Waals surface area (Å²) in [7, 11) is 0. The molecular formula is C15H16F3NO. The molecule has 1 aromatic rings. The highest BCUT2D eigenvalue weighted by molar-refractivity contribution is 5.86. The van der Waals surface area contributed by atoms with Gasteiger partial charge in [0, 0.05) is 12.1 Å².